The molecule has 1 aliphatic heterocycles. The van der Waals surface area contributed by atoms with Gasteiger partial charge in [-0.15, -0.1) is 0 Å². The van der Waals surface area contributed by atoms with Crippen LogP contribution in [0.4, 0.5) is 0 Å². The van der Waals surface area contributed by atoms with Crippen molar-refractivity contribution >= 4 is 65.0 Å². The highest BCUT2D eigenvalue weighted by atomic mass is 16.2. The van der Waals surface area contributed by atoms with Crippen molar-refractivity contribution in [1.82, 2.24) is 62.7 Å². The van der Waals surface area contributed by atoms with Crippen molar-refractivity contribution in [2.24, 2.45) is 56.6 Å². The van der Waals surface area contributed by atoms with Gasteiger partial charge in [0.25, 0.3) is 5.91 Å². The Morgan fingerprint density at radius 3 is 1.84 bits per heavy atom. The van der Waals surface area contributed by atoms with Gasteiger partial charge < -0.3 is 109 Å². The van der Waals surface area contributed by atoms with Gasteiger partial charge in [-0.3, -0.25) is 52.9 Å². The number of hydrogen-bond donors (Lipinski definition) is 19. The summed E-state index contributed by atoms with van der Waals surface area (Å²) in [4.78, 5) is 149. The predicted octanol–water partition coefficient (Wildman–Crippen LogP) is -6.69. The minimum atomic E-state index is -1.37. The van der Waals surface area contributed by atoms with Gasteiger partial charge in [-0.1, -0.05) is 12.5 Å². The third kappa shape index (κ3) is 28.9. The number of nitrogens with two attached hydrogens (primary N) is 9. The smallest absolute Gasteiger partial charge is 0.268 e. The fraction of sp³-hybridized carbons (Fsp3) is 0.698. The molecule has 0 radical (unpaired) electrons. The number of carbonyl (C=O) groups excluding carboxylic acids is 10. The van der Waals surface area contributed by atoms with Crippen molar-refractivity contribution in [2.75, 3.05) is 65.4 Å². The van der Waals surface area contributed by atoms with E-state index in [-0.39, 0.29) is 95.7 Å². The molecule has 1 fully saturated rings. The van der Waals surface area contributed by atoms with Crippen LogP contribution in [-0.2, 0) is 54.4 Å². The van der Waals surface area contributed by atoms with Gasteiger partial charge >= 0.3 is 0 Å². The first-order valence-corrected chi connectivity index (χ1v) is 29.4. The molecule has 0 aliphatic carbocycles. The Bertz CT molecular complexity index is 2300. The molecule has 480 valence electrons. The highest BCUT2D eigenvalue weighted by molar-refractivity contribution is 6.02. The second-order valence-corrected chi connectivity index (χ2v) is 20.7. The summed E-state index contributed by atoms with van der Waals surface area (Å²) in [5.74, 6) is -7.20. The number of nitrogens with zero attached hydrogens (tertiary/aromatic N) is 3. The zero-order valence-electron chi connectivity index (χ0n) is 49.3. The van der Waals surface area contributed by atoms with E-state index in [2.05, 4.69) is 62.8 Å². The number of aromatic amines is 1. The van der Waals surface area contributed by atoms with E-state index in [9.17, 15) is 47.9 Å². The van der Waals surface area contributed by atoms with E-state index in [1.165, 1.54) is 30.4 Å². The summed E-state index contributed by atoms with van der Waals surface area (Å²) in [7, 11) is 0. The summed E-state index contributed by atoms with van der Waals surface area (Å²) in [6, 6.07) is -9.16. The first-order valence-electron chi connectivity index (χ1n) is 29.4. The van der Waals surface area contributed by atoms with Crippen LogP contribution in [0.25, 0.3) is 0 Å². The van der Waals surface area contributed by atoms with Crippen molar-refractivity contribution in [3.63, 3.8) is 0 Å². The fourth-order valence-corrected chi connectivity index (χ4v) is 8.93. The van der Waals surface area contributed by atoms with Crippen LogP contribution in [-0.4, -0.2) is 194 Å². The number of carbonyl (C=O) groups is 10. The third-order valence-electron chi connectivity index (χ3n) is 13.7. The number of hydrogen-bond acceptors (Lipinski definition) is 19. The molecule has 10 amide bonds. The summed E-state index contributed by atoms with van der Waals surface area (Å²) in [5.41, 5.74) is 51.4. The Labute approximate surface area is 497 Å². The van der Waals surface area contributed by atoms with E-state index in [4.69, 9.17) is 51.6 Å². The lowest BCUT2D eigenvalue weighted by Gasteiger charge is -2.30. The van der Waals surface area contributed by atoms with Gasteiger partial charge in [-0.2, -0.15) is 0 Å². The van der Waals surface area contributed by atoms with Gasteiger partial charge in [0.2, 0.25) is 53.2 Å². The van der Waals surface area contributed by atoms with Crippen LogP contribution >= 0.6 is 0 Å². The molecule has 0 spiro atoms. The van der Waals surface area contributed by atoms with E-state index >= 15 is 0 Å². The van der Waals surface area contributed by atoms with Crippen molar-refractivity contribution in [3.05, 3.63) is 30.0 Å². The summed E-state index contributed by atoms with van der Waals surface area (Å²) in [6.07, 6.45) is 10.2. The first kappa shape index (κ1) is 73.7. The lowest BCUT2D eigenvalue weighted by atomic mass is 10.0. The Hall–Kier alpha value is -7.36. The number of guanidine groups is 1. The average molecular weight is 1200 g/mol. The number of aromatic nitrogens is 2. The molecule has 0 aromatic carbocycles. The highest BCUT2D eigenvalue weighted by Gasteiger charge is 2.40. The van der Waals surface area contributed by atoms with E-state index in [1.807, 2.05) is 0 Å². The van der Waals surface area contributed by atoms with E-state index in [0.29, 0.717) is 96.1 Å². The summed E-state index contributed by atoms with van der Waals surface area (Å²) in [5, 5.41) is 23.8. The average Bonchev–Trinajstić information content (AvgIpc) is 4.31. The lowest BCUT2D eigenvalue weighted by Crippen LogP contribution is -2.59. The molecule has 85 heavy (non-hydrogen) atoms. The number of H-pyrrole nitrogens is 1. The van der Waals surface area contributed by atoms with Crippen molar-refractivity contribution in [1.29, 1.82) is 0 Å². The quantitative estimate of drug-likeness (QED) is 0.0125. The van der Waals surface area contributed by atoms with Crippen molar-refractivity contribution in [2.45, 2.75) is 171 Å². The molecule has 2 heterocycles. The van der Waals surface area contributed by atoms with E-state index in [0.717, 1.165) is 0 Å². The number of unbranched alkanes of at least 4 members (excludes halogenated alkanes) is 4. The SMILES string of the molecule is C[C@H](NC(=O)[C@H](CCN)NC(=O)[C@H](N)CCCCN)C(=O)NCC(=O)N[C@H](CCCN)C(=O)N1CCC[C@H]1C(=O)N[C@@H](Cc1cnc[nH]1)C(=O)N[C@@H](CCCCN)C(=O)N/C(=C\CCN=C(N)N)C(=O)N[C@@H](CCCCN)C(=O)NCCCCN. The second kappa shape index (κ2) is 42.4. The number of likely N-dealkylation sites (tertiary alicyclic amines) is 1. The zero-order valence-corrected chi connectivity index (χ0v) is 49.3. The third-order valence-corrected chi connectivity index (χ3v) is 13.7. The highest BCUT2D eigenvalue weighted by Crippen LogP contribution is 2.21. The normalized spacial score (nSPS) is 15.6. The molecule has 32 nitrogen and oxygen atoms in total. The Morgan fingerprint density at radius 2 is 1.22 bits per heavy atom. The fourth-order valence-electron chi connectivity index (χ4n) is 8.93. The van der Waals surface area contributed by atoms with Crippen LogP contribution < -0.4 is 99.5 Å². The molecule has 0 saturated carbocycles. The maximum atomic E-state index is 14.5. The van der Waals surface area contributed by atoms with Crippen LogP contribution in [0.15, 0.2) is 29.3 Å². The van der Waals surface area contributed by atoms with Crippen LogP contribution in [0.1, 0.15) is 122 Å². The second-order valence-electron chi connectivity index (χ2n) is 20.7. The lowest BCUT2D eigenvalue weighted by molar-refractivity contribution is -0.142. The molecule has 28 N–H and O–H groups in total. The summed E-state index contributed by atoms with van der Waals surface area (Å²) >= 11 is 0. The number of imidazole rings is 1. The molecule has 32 heteroatoms. The molecule has 1 aromatic rings. The van der Waals surface area contributed by atoms with Crippen LogP contribution in [0.5, 0.6) is 0 Å². The molecule has 0 bridgehead atoms. The van der Waals surface area contributed by atoms with Gasteiger partial charge in [-0.05, 0) is 149 Å². The van der Waals surface area contributed by atoms with Gasteiger partial charge in [0.05, 0.1) is 18.9 Å². The van der Waals surface area contributed by atoms with Crippen LogP contribution in [0, 0.1) is 0 Å². The standard InChI is InChI=1S/C53H98N22O10/c1-33(68-47(80)39(19-25-59)70-45(78)35(60)13-2-5-20-54)44(77)66-31-43(76)69-40(16-10-24-58)52(85)75-28-12-18-42(75)51(84)74-41(29-34-30-63-32-67-34)50(83)73-37(15-4-7-22-56)48(81)72-38(17-11-27-65-53(61)62)49(82)71-36(14-3-6-21-55)46(79)64-26-9-8-23-57/h17,30,32-33,35-37,39-42H,2-16,18-29,31,54-60H2,1H3,(H,63,67)(H,64,79)(H,66,77)(H,68,80)(H,69,76)(H,70,78)(H,71,82)(H,72,81)(H,73,83)(H,74,84)(H4,61,62,65)/b38-17-/t33-,35+,36-,37-,39-,40+,41-,42-/m0/s1. The van der Waals surface area contributed by atoms with Gasteiger partial charge in [0.1, 0.15) is 48.0 Å². The number of rotatable bonds is 44. The first-order chi connectivity index (χ1) is 40.7. The van der Waals surface area contributed by atoms with Crippen molar-refractivity contribution < 1.29 is 47.9 Å². The van der Waals surface area contributed by atoms with Gasteiger partial charge in [0.15, 0.2) is 5.96 Å². The Morgan fingerprint density at radius 1 is 0.635 bits per heavy atom. The topological polar surface area (TPSA) is 557 Å². The van der Waals surface area contributed by atoms with Gasteiger partial charge in [-0.25, -0.2) is 4.98 Å². The monoisotopic (exact) mass is 1200 g/mol. The molecule has 8 atom stereocenters. The van der Waals surface area contributed by atoms with Crippen molar-refractivity contribution in [3.8, 4) is 0 Å². The molecular formula is C53H98N22O10. The number of amides is 10. The number of nitrogens with one attached hydrogen (secondary N) is 10. The maximum Gasteiger partial charge on any atom is 0.268 e. The molecule has 2 rings (SSSR count). The Balaban J connectivity index is 2.32. The number of aliphatic imine (C=N–C) groups is 1. The minimum absolute atomic E-state index is 0.0345. The summed E-state index contributed by atoms with van der Waals surface area (Å²) < 4.78 is 0. The van der Waals surface area contributed by atoms with E-state index < -0.39 is 114 Å². The van der Waals surface area contributed by atoms with Crippen LogP contribution in [0.2, 0.25) is 0 Å². The van der Waals surface area contributed by atoms with Gasteiger partial charge in [0, 0.05) is 37.9 Å². The maximum absolute atomic E-state index is 14.5. The summed E-state index contributed by atoms with van der Waals surface area (Å²) in [6.45, 7) is 2.91. The Kier molecular flexibility index (Phi) is 36.8. The zero-order chi connectivity index (χ0) is 63.1. The molecule has 1 aromatic heterocycles. The van der Waals surface area contributed by atoms with E-state index in [1.54, 1.807) is 0 Å². The predicted molar refractivity (Wildman–Crippen MR) is 319 cm³/mol. The largest absolute Gasteiger partial charge is 0.370 e. The van der Waals surface area contributed by atoms with Crippen LogP contribution in [0.3, 0.4) is 0 Å². The minimum Gasteiger partial charge on any atom is -0.370 e. The molecule has 0 unspecified atom stereocenters. The molecule has 1 saturated heterocycles. The molecular weight excluding hydrogens is 1100 g/mol. The molecule has 1 aliphatic rings.